The number of halogens is 1. The molecule has 4 rings (SSSR count). The van der Waals surface area contributed by atoms with Gasteiger partial charge in [0.2, 0.25) is 0 Å². The molecule has 0 N–H and O–H groups in total. The minimum absolute atomic E-state index is 0.0105. The molecule has 0 spiro atoms. The maximum absolute atomic E-state index is 13.0. The second-order valence-electron chi connectivity index (χ2n) is 6.92. The minimum Gasteiger partial charge on any atom is -0.334 e. The average molecular weight is 380 g/mol. The largest absolute Gasteiger partial charge is 0.334 e. The van der Waals surface area contributed by atoms with E-state index in [1.54, 1.807) is 16.9 Å². The van der Waals surface area contributed by atoms with Crippen LogP contribution in [0.25, 0.3) is 5.69 Å². The summed E-state index contributed by atoms with van der Waals surface area (Å²) >= 11 is 6.24. The van der Waals surface area contributed by atoms with Crippen molar-refractivity contribution in [1.29, 1.82) is 0 Å². The Bertz CT molecular complexity index is 922. The third-order valence-corrected chi connectivity index (χ3v) is 5.47. The quantitative estimate of drug-likeness (QED) is 0.640. The van der Waals surface area contributed by atoms with Gasteiger partial charge in [0.15, 0.2) is 5.69 Å². The SMILES string of the molecule is O=C(c1ccn(-c2ccccc2Cl)n1)N1CCCC1CCc1ccccc1. The number of carbonyl (C=O) groups is 1. The lowest BCUT2D eigenvalue weighted by Crippen LogP contribution is -2.36. The highest BCUT2D eigenvalue weighted by Crippen LogP contribution is 2.24. The number of aryl methyl sites for hydroxylation is 1. The number of nitrogens with zero attached hydrogens (tertiary/aromatic N) is 3. The van der Waals surface area contributed by atoms with E-state index in [1.807, 2.05) is 35.2 Å². The van der Waals surface area contributed by atoms with E-state index in [0.717, 1.165) is 37.9 Å². The molecule has 1 unspecified atom stereocenters. The number of carbonyl (C=O) groups excluding carboxylic acids is 1. The van der Waals surface area contributed by atoms with Gasteiger partial charge in [0.1, 0.15) is 0 Å². The van der Waals surface area contributed by atoms with Crippen molar-refractivity contribution in [3.8, 4) is 5.69 Å². The molecular formula is C22H22ClN3O. The second kappa shape index (κ2) is 7.97. The molecule has 3 aromatic rings. The molecule has 0 bridgehead atoms. The predicted molar refractivity (Wildman–Crippen MR) is 107 cm³/mol. The summed E-state index contributed by atoms with van der Waals surface area (Å²) in [6, 6.07) is 20.0. The van der Waals surface area contributed by atoms with Crippen LogP contribution in [0.4, 0.5) is 0 Å². The van der Waals surface area contributed by atoms with Gasteiger partial charge in [-0.15, -0.1) is 0 Å². The average Bonchev–Trinajstić information content (AvgIpc) is 3.37. The number of amides is 1. The molecule has 0 aliphatic carbocycles. The van der Waals surface area contributed by atoms with Gasteiger partial charge >= 0.3 is 0 Å². The van der Waals surface area contributed by atoms with E-state index >= 15 is 0 Å². The number of benzene rings is 2. The Kier molecular flexibility index (Phi) is 5.26. The van der Waals surface area contributed by atoms with Crippen LogP contribution in [0.3, 0.4) is 0 Å². The van der Waals surface area contributed by atoms with E-state index in [1.165, 1.54) is 5.56 Å². The number of aromatic nitrogens is 2. The third-order valence-electron chi connectivity index (χ3n) is 5.15. The highest BCUT2D eigenvalue weighted by Gasteiger charge is 2.30. The second-order valence-corrected chi connectivity index (χ2v) is 7.32. The lowest BCUT2D eigenvalue weighted by atomic mass is 10.0. The summed E-state index contributed by atoms with van der Waals surface area (Å²) < 4.78 is 1.67. The number of likely N-dealkylation sites (tertiary alicyclic amines) is 1. The lowest BCUT2D eigenvalue weighted by molar-refractivity contribution is 0.0724. The van der Waals surface area contributed by atoms with Crippen LogP contribution in [0.5, 0.6) is 0 Å². The molecule has 27 heavy (non-hydrogen) atoms. The molecule has 1 atom stereocenters. The molecule has 1 saturated heterocycles. The fraction of sp³-hybridized carbons (Fsp3) is 0.273. The first-order chi connectivity index (χ1) is 13.2. The van der Waals surface area contributed by atoms with E-state index in [-0.39, 0.29) is 11.9 Å². The van der Waals surface area contributed by atoms with Crippen molar-refractivity contribution >= 4 is 17.5 Å². The summed E-state index contributed by atoms with van der Waals surface area (Å²) in [5, 5.41) is 5.09. The van der Waals surface area contributed by atoms with Gasteiger partial charge in [0.05, 0.1) is 10.7 Å². The van der Waals surface area contributed by atoms with Crippen LogP contribution >= 0.6 is 11.6 Å². The Balaban J connectivity index is 1.46. The van der Waals surface area contributed by atoms with Gasteiger partial charge in [0, 0.05) is 18.8 Å². The maximum Gasteiger partial charge on any atom is 0.274 e. The molecule has 4 nitrogen and oxygen atoms in total. The molecule has 0 radical (unpaired) electrons. The Labute approximate surface area is 164 Å². The molecule has 1 aromatic heterocycles. The van der Waals surface area contributed by atoms with Crippen LogP contribution in [0.15, 0.2) is 66.9 Å². The molecule has 2 heterocycles. The van der Waals surface area contributed by atoms with Crippen LogP contribution in [0, 0.1) is 0 Å². The molecular weight excluding hydrogens is 358 g/mol. The predicted octanol–water partition coefficient (Wildman–Crippen LogP) is 4.76. The normalized spacial score (nSPS) is 16.6. The van der Waals surface area contributed by atoms with Crippen LogP contribution in [0.1, 0.15) is 35.3 Å². The topological polar surface area (TPSA) is 38.1 Å². The van der Waals surface area contributed by atoms with Crippen LogP contribution in [-0.4, -0.2) is 33.2 Å². The molecule has 1 amide bonds. The standard InChI is InChI=1S/C22H22ClN3O/c23-19-10-4-5-11-21(19)26-16-14-20(24-26)22(27)25-15-6-9-18(25)13-12-17-7-2-1-3-8-17/h1-5,7-8,10-11,14,16,18H,6,9,12-13,15H2. The fourth-order valence-corrected chi connectivity index (χ4v) is 3.96. The Morgan fingerprint density at radius 1 is 1.07 bits per heavy atom. The summed E-state index contributed by atoms with van der Waals surface area (Å²) in [4.78, 5) is 15.0. The lowest BCUT2D eigenvalue weighted by Gasteiger charge is -2.24. The molecule has 0 saturated carbocycles. The van der Waals surface area contributed by atoms with Crippen molar-refractivity contribution in [2.45, 2.75) is 31.7 Å². The zero-order valence-corrected chi connectivity index (χ0v) is 15.8. The Morgan fingerprint density at radius 2 is 1.85 bits per heavy atom. The van der Waals surface area contributed by atoms with Crippen molar-refractivity contribution < 1.29 is 4.79 Å². The van der Waals surface area contributed by atoms with E-state index in [9.17, 15) is 4.79 Å². The Hall–Kier alpha value is -2.59. The van der Waals surface area contributed by atoms with Crippen molar-refractivity contribution in [1.82, 2.24) is 14.7 Å². The number of para-hydroxylation sites is 1. The van der Waals surface area contributed by atoms with Crippen LogP contribution < -0.4 is 0 Å². The third kappa shape index (κ3) is 3.91. The molecule has 5 heteroatoms. The maximum atomic E-state index is 13.0. The van der Waals surface area contributed by atoms with Crippen molar-refractivity contribution in [3.05, 3.63) is 83.1 Å². The van der Waals surface area contributed by atoms with Crippen molar-refractivity contribution in [3.63, 3.8) is 0 Å². The minimum atomic E-state index is 0.0105. The highest BCUT2D eigenvalue weighted by molar-refractivity contribution is 6.32. The monoisotopic (exact) mass is 379 g/mol. The molecule has 1 aliphatic rings. The van der Waals surface area contributed by atoms with Gasteiger partial charge in [-0.25, -0.2) is 4.68 Å². The number of hydrogen-bond acceptors (Lipinski definition) is 2. The van der Waals surface area contributed by atoms with Crippen LogP contribution in [0.2, 0.25) is 5.02 Å². The molecule has 1 fully saturated rings. The summed E-state index contributed by atoms with van der Waals surface area (Å²) in [7, 11) is 0. The van der Waals surface area contributed by atoms with Crippen LogP contribution in [-0.2, 0) is 6.42 Å². The number of rotatable bonds is 5. The summed E-state index contributed by atoms with van der Waals surface area (Å²) in [5.41, 5.74) is 2.57. The van der Waals surface area contributed by atoms with Crippen molar-refractivity contribution in [2.24, 2.45) is 0 Å². The fourth-order valence-electron chi connectivity index (χ4n) is 3.74. The first-order valence-corrected chi connectivity index (χ1v) is 9.75. The summed E-state index contributed by atoms with van der Waals surface area (Å²) in [5.74, 6) is 0.0105. The summed E-state index contributed by atoms with van der Waals surface area (Å²) in [6.07, 6.45) is 5.88. The molecule has 2 aromatic carbocycles. The zero-order chi connectivity index (χ0) is 18.6. The van der Waals surface area contributed by atoms with Gasteiger partial charge in [-0.05, 0) is 49.4 Å². The van der Waals surface area contributed by atoms with Gasteiger partial charge in [-0.3, -0.25) is 4.79 Å². The zero-order valence-electron chi connectivity index (χ0n) is 15.1. The van der Waals surface area contributed by atoms with E-state index in [0.29, 0.717) is 10.7 Å². The number of hydrogen-bond donors (Lipinski definition) is 0. The molecule has 1 aliphatic heterocycles. The summed E-state index contributed by atoms with van der Waals surface area (Å²) in [6.45, 7) is 0.803. The first kappa shape index (κ1) is 17.8. The van der Waals surface area contributed by atoms with Gasteiger partial charge in [-0.1, -0.05) is 54.1 Å². The first-order valence-electron chi connectivity index (χ1n) is 9.38. The van der Waals surface area contributed by atoms with E-state index in [4.69, 9.17) is 11.6 Å². The Morgan fingerprint density at radius 3 is 2.67 bits per heavy atom. The van der Waals surface area contributed by atoms with E-state index in [2.05, 4.69) is 29.4 Å². The smallest absolute Gasteiger partial charge is 0.274 e. The molecule has 138 valence electrons. The highest BCUT2D eigenvalue weighted by atomic mass is 35.5. The van der Waals surface area contributed by atoms with Gasteiger partial charge in [0.25, 0.3) is 5.91 Å². The van der Waals surface area contributed by atoms with E-state index < -0.39 is 0 Å². The van der Waals surface area contributed by atoms with Gasteiger partial charge in [-0.2, -0.15) is 5.10 Å². The van der Waals surface area contributed by atoms with Gasteiger partial charge < -0.3 is 4.90 Å². The van der Waals surface area contributed by atoms with Crippen molar-refractivity contribution in [2.75, 3.05) is 6.54 Å².